The van der Waals surface area contributed by atoms with Crippen molar-refractivity contribution in [2.75, 3.05) is 24.7 Å². The fraction of sp³-hybridized carbons (Fsp3) is 0.568. The summed E-state index contributed by atoms with van der Waals surface area (Å²) in [5.41, 5.74) is 2.04. The van der Waals surface area contributed by atoms with Crippen molar-refractivity contribution in [1.82, 2.24) is 39.0 Å². The Hall–Kier alpha value is -3.99. The zero-order valence-electron chi connectivity index (χ0n) is 39.3. The second kappa shape index (κ2) is 18.7. The van der Waals surface area contributed by atoms with E-state index in [0.29, 0.717) is 35.3 Å². The molecule has 12 bridgehead atoms. The van der Waals surface area contributed by atoms with Crippen LogP contribution in [0, 0.1) is 11.8 Å². The fourth-order valence-electron chi connectivity index (χ4n) is 7.62. The molecule has 2 fully saturated rings. The molecule has 0 spiro atoms. The number of alkyl halides is 2. The first kappa shape index (κ1) is 49.4. The van der Waals surface area contributed by atoms with Crippen molar-refractivity contribution in [3.63, 3.8) is 0 Å². The maximum atomic E-state index is 17.3. The molecular weight excluding hydrogens is 940 g/mol. The minimum absolute atomic E-state index is 0.0726. The Morgan fingerprint density at radius 3 is 2.16 bits per heavy atom. The van der Waals surface area contributed by atoms with Crippen molar-refractivity contribution in [3.05, 3.63) is 66.9 Å². The standard InChI is InChI=1S/C44H58F2N9O8PSSi2/c1-43(2,3)66(7,8)59-22-30-35-31(45)41(61-30)54-25-51-33-28(47-23-48-37(33)54)19-15-12-16-20-53(40(56)27-17-13-11-14-18-27)38-34-39(50-24-49-38)55(26-52-34)42-32(46)36(63-67(9,10)44(4,5)6)29(60-42)21-58-64(57,65)62-35/h11,13-14,17-18,23-26,29-32,35-36,41-42H,15,19-22H2,1-10H3,(H,57,65)/t29-,30-,31-,32-,35-,36-,41-,42?,64?/m1/s1. The number of nitrogens with zero attached hydrogens (tertiary/aromatic N) is 9. The summed E-state index contributed by atoms with van der Waals surface area (Å²) in [6.45, 7) is 15.4. The van der Waals surface area contributed by atoms with E-state index in [1.165, 1.54) is 39.3 Å². The second-order valence-corrected chi connectivity index (χ2v) is 32.4. The average Bonchev–Trinajstić information content (AvgIpc) is 4.04. The van der Waals surface area contributed by atoms with Gasteiger partial charge in [-0.15, -0.1) is 5.92 Å². The Morgan fingerprint density at radius 1 is 0.866 bits per heavy atom. The Bertz CT molecular complexity index is 2730. The quantitative estimate of drug-likeness (QED) is 0.0989. The topological polar surface area (TPSA) is 183 Å². The first-order valence-electron chi connectivity index (χ1n) is 22.2. The molecular formula is C44H58F2N9O8PSSi2. The third-order valence-corrected chi connectivity index (χ3v) is 24.1. The van der Waals surface area contributed by atoms with E-state index in [4.69, 9.17) is 39.2 Å². The van der Waals surface area contributed by atoms with Crippen molar-refractivity contribution in [2.24, 2.45) is 0 Å². The highest BCUT2D eigenvalue weighted by molar-refractivity contribution is 8.07. The average molecular weight is 998 g/mol. The van der Waals surface area contributed by atoms with Crippen LogP contribution >= 0.6 is 6.72 Å². The molecule has 2 unspecified atom stereocenters. The smallest absolute Gasteiger partial charge is 0.325 e. The fourth-order valence-corrected chi connectivity index (χ4v) is 11.4. The minimum atomic E-state index is -4.35. The number of carbonyl (C=O) groups is 1. The molecule has 0 saturated carbocycles. The Balaban J connectivity index is 1.21. The number of rotatable bonds is 6. The van der Waals surface area contributed by atoms with E-state index in [2.05, 4.69) is 75.6 Å². The van der Waals surface area contributed by atoms with E-state index in [-0.39, 0.29) is 40.2 Å². The molecule has 0 aliphatic carbocycles. The molecule has 1 N–H and O–H groups in total. The Morgan fingerprint density at radius 2 is 1.49 bits per heavy atom. The van der Waals surface area contributed by atoms with Gasteiger partial charge in [-0.25, -0.2) is 38.7 Å². The van der Waals surface area contributed by atoms with Gasteiger partial charge in [0.2, 0.25) is 0 Å². The number of hydrogen-bond donors (Lipinski definition) is 1. The highest BCUT2D eigenvalue weighted by Gasteiger charge is 2.54. The van der Waals surface area contributed by atoms with Crippen LogP contribution < -0.4 is 4.90 Å². The Labute approximate surface area is 395 Å². The number of amides is 1. The van der Waals surface area contributed by atoms with Crippen LogP contribution in [0.1, 0.15) is 76.5 Å². The first-order valence-corrected chi connectivity index (χ1v) is 30.6. The van der Waals surface area contributed by atoms with Gasteiger partial charge >= 0.3 is 6.72 Å². The van der Waals surface area contributed by atoms with Crippen LogP contribution in [0.25, 0.3) is 22.3 Å². The predicted octanol–water partition coefficient (Wildman–Crippen LogP) is 7.76. The molecule has 1 aromatic carbocycles. The molecule has 23 heteroatoms. The molecule has 1 amide bonds. The van der Waals surface area contributed by atoms with Crippen molar-refractivity contribution in [2.45, 2.75) is 140 Å². The monoisotopic (exact) mass is 997 g/mol. The van der Waals surface area contributed by atoms with E-state index < -0.39 is 85.1 Å². The third kappa shape index (κ3) is 9.92. The van der Waals surface area contributed by atoms with Crippen molar-refractivity contribution in [1.29, 1.82) is 0 Å². The molecule has 360 valence electrons. The SMILES string of the molecule is CC(C)(C)[Si](C)(C)OC[C@H]1O[C@@H]2[C@H](F)[C@@H]1OP(O)(=S)OC[C@H]1OC([C@H](F)[C@@H]1O[Si](C)(C)C(C)(C)C)n1cnc3c(ncnc31)N(C(=O)c1ccccc1)CC#CCCc1ncnc3c1ncn32. The van der Waals surface area contributed by atoms with E-state index in [9.17, 15) is 9.69 Å². The van der Waals surface area contributed by atoms with Crippen LogP contribution in [0.3, 0.4) is 0 Å². The van der Waals surface area contributed by atoms with Crippen molar-refractivity contribution < 1.29 is 45.8 Å². The van der Waals surface area contributed by atoms with Crippen molar-refractivity contribution >= 4 is 69.2 Å². The number of carbonyl (C=O) groups excluding carboxylic acids is 1. The zero-order chi connectivity index (χ0) is 48.3. The second-order valence-electron chi connectivity index (χ2n) is 20.0. The van der Waals surface area contributed by atoms with Crippen LogP contribution in [0.15, 0.2) is 55.6 Å². The number of halogens is 2. The van der Waals surface area contributed by atoms with Crippen LogP contribution in [-0.4, -0.2) is 123 Å². The van der Waals surface area contributed by atoms with Crippen LogP contribution in [-0.2, 0) is 45.6 Å². The van der Waals surface area contributed by atoms with Gasteiger partial charge in [0.25, 0.3) is 5.91 Å². The number of benzene rings is 1. The van der Waals surface area contributed by atoms with E-state index >= 15 is 8.78 Å². The Kier molecular flexibility index (Phi) is 13.8. The van der Waals surface area contributed by atoms with Gasteiger partial charge in [-0.3, -0.25) is 23.4 Å². The molecule has 2 saturated heterocycles. The van der Waals surface area contributed by atoms with Gasteiger partial charge in [0.05, 0.1) is 38.1 Å². The van der Waals surface area contributed by atoms with Gasteiger partial charge in [-0.05, 0) is 60.2 Å². The van der Waals surface area contributed by atoms with E-state index in [1.54, 1.807) is 30.3 Å². The molecule has 8 rings (SSSR count). The van der Waals surface area contributed by atoms with Gasteiger partial charge in [-0.1, -0.05) is 65.7 Å². The summed E-state index contributed by atoms with van der Waals surface area (Å²) in [6.07, 6.45) is -5.23. The summed E-state index contributed by atoms with van der Waals surface area (Å²) in [7, 11) is -5.11. The number of imidazole rings is 2. The molecule has 9 atom stereocenters. The first-order chi connectivity index (χ1) is 31.5. The summed E-state index contributed by atoms with van der Waals surface area (Å²) < 4.78 is 75.4. The molecule has 3 aliphatic rings. The van der Waals surface area contributed by atoms with E-state index in [0.717, 1.165) is 0 Å². The molecule has 0 radical (unpaired) electrons. The largest absolute Gasteiger partial charge is 0.414 e. The van der Waals surface area contributed by atoms with Gasteiger partial charge < -0.3 is 27.7 Å². The molecule has 3 aliphatic heterocycles. The molecule has 5 aromatic rings. The zero-order valence-corrected chi connectivity index (χ0v) is 43.0. The van der Waals surface area contributed by atoms with Crippen LogP contribution in [0.4, 0.5) is 14.6 Å². The van der Waals surface area contributed by atoms with Gasteiger partial charge in [0, 0.05) is 18.4 Å². The van der Waals surface area contributed by atoms with Gasteiger partial charge in [0.1, 0.15) is 42.6 Å². The summed E-state index contributed by atoms with van der Waals surface area (Å²) in [5.74, 6) is 6.03. The highest BCUT2D eigenvalue weighted by atomic mass is 32.5. The number of ether oxygens (including phenoxy) is 2. The maximum Gasteiger partial charge on any atom is 0.325 e. The summed E-state index contributed by atoms with van der Waals surface area (Å²) in [6, 6.07) is 8.69. The maximum absolute atomic E-state index is 17.3. The molecule has 7 heterocycles. The predicted molar refractivity (Wildman–Crippen MR) is 255 cm³/mol. The van der Waals surface area contributed by atoms with Crippen LogP contribution in [0.5, 0.6) is 0 Å². The third-order valence-electron chi connectivity index (χ3n) is 13.5. The van der Waals surface area contributed by atoms with Gasteiger partial charge in [0.15, 0.2) is 64.1 Å². The van der Waals surface area contributed by atoms with Crippen LogP contribution in [0.2, 0.25) is 36.3 Å². The van der Waals surface area contributed by atoms with Gasteiger partial charge in [-0.2, -0.15) is 0 Å². The number of aryl methyl sites for hydroxylation is 1. The number of anilines is 1. The summed E-state index contributed by atoms with van der Waals surface area (Å²) in [5, 5.41) is -0.522. The lowest BCUT2D eigenvalue weighted by atomic mass is 10.1. The van der Waals surface area contributed by atoms with Crippen molar-refractivity contribution in [3.8, 4) is 11.8 Å². The lowest BCUT2D eigenvalue weighted by Crippen LogP contribution is -2.49. The molecule has 4 aromatic heterocycles. The number of hydrogen-bond acceptors (Lipinski definition) is 14. The lowest BCUT2D eigenvalue weighted by Gasteiger charge is -2.39. The van der Waals surface area contributed by atoms with E-state index in [1.807, 2.05) is 33.9 Å². The number of aromatic nitrogens is 8. The highest BCUT2D eigenvalue weighted by Crippen LogP contribution is 2.52. The number of fused-ring (bicyclic) bond motifs is 6. The summed E-state index contributed by atoms with van der Waals surface area (Å²) in [4.78, 5) is 54.5. The molecule has 17 nitrogen and oxygen atoms in total. The minimum Gasteiger partial charge on any atom is -0.414 e. The normalized spacial score (nSPS) is 27.9. The lowest BCUT2D eigenvalue weighted by molar-refractivity contribution is -0.0502. The molecule has 67 heavy (non-hydrogen) atoms. The summed E-state index contributed by atoms with van der Waals surface area (Å²) >= 11 is 5.59.